The van der Waals surface area contributed by atoms with Crippen LogP contribution in [0.4, 0.5) is 0 Å². The van der Waals surface area contributed by atoms with Crippen LogP contribution in [-0.4, -0.2) is 91.0 Å². The molecular formula is C18H38N2O7. The van der Waals surface area contributed by atoms with E-state index in [0.29, 0.717) is 72.6 Å². The molecule has 0 aromatic heterocycles. The predicted octanol–water partition coefficient (Wildman–Crippen LogP) is 0.368. The Kier molecular flexibility index (Phi) is 25.6. The van der Waals surface area contributed by atoms with E-state index in [4.69, 9.17) is 23.7 Å². The van der Waals surface area contributed by atoms with Gasteiger partial charge in [0.05, 0.1) is 59.5 Å². The van der Waals surface area contributed by atoms with Crippen LogP contribution in [0.25, 0.3) is 0 Å². The van der Waals surface area contributed by atoms with Gasteiger partial charge in [-0.25, -0.2) is 0 Å². The first-order valence-corrected chi connectivity index (χ1v) is 9.56. The second-order valence-electron chi connectivity index (χ2n) is 4.94. The molecule has 0 atom stereocenters. The monoisotopic (exact) mass is 394 g/mol. The first kappa shape index (κ1) is 28.0. The number of likely N-dealkylation sites (N-methyl/N-ethyl adjacent to an activating group) is 1. The van der Waals surface area contributed by atoms with Crippen molar-refractivity contribution in [3.05, 3.63) is 0 Å². The minimum atomic E-state index is -0.121. The molecule has 9 heteroatoms. The second kappa shape index (κ2) is 24.7. The summed E-state index contributed by atoms with van der Waals surface area (Å²) in [7, 11) is 0. The predicted molar refractivity (Wildman–Crippen MR) is 103 cm³/mol. The van der Waals surface area contributed by atoms with E-state index in [2.05, 4.69) is 10.6 Å². The highest BCUT2D eigenvalue weighted by atomic mass is 16.6. The summed E-state index contributed by atoms with van der Waals surface area (Å²) in [5.74, 6) is -0.183. The summed E-state index contributed by atoms with van der Waals surface area (Å²) in [5.41, 5.74) is 0. The van der Waals surface area contributed by atoms with Crippen molar-refractivity contribution in [2.75, 3.05) is 79.2 Å². The van der Waals surface area contributed by atoms with Gasteiger partial charge in [0.15, 0.2) is 0 Å². The molecule has 0 aliphatic carbocycles. The van der Waals surface area contributed by atoms with Gasteiger partial charge in [-0.05, 0) is 6.92 Å². The van der Waals surface area contributed by atoms with Gasteiger partial charge < -0.3 is 34.3 Å². The van der Waals surface area contributed by atoms with Crippen LogP contribution in [-0.2, 0) is 33.3 Å². The molecule has 0 saturated carbocycles. The van der Waals surface area contributed by atoms with Crippen LogP contribution in [0.5, 0.6) is 0 Å². The zero-order valence-corrected chi connectivity index (χ0v) is 17.3. The van der Waals surface area contributed by atoms with Gasteiger partial charge in [-0.1, -0.05) is 13.8 Å². The number of carbonyl (C=O) groups is 2. The molecule has 2 amide bonds. The summed E-state index contributed by atoms with van der Waals surface area (Å²) in [6.07, 6.45) is 0. The van der Waals surface area contributed by atoms with Crippen molar-refractivity contribution in [2.24, 2.45) is 0 Å². The third-order valence-corrected chi connectivity index (χ3v) is 2.72. The number of carbonyl (C=O) groups excluding carboxylic acids is 2. The molecule has 0 heterocycles. The molecule has 0 unspecified atom stereocenters. The third-order valence-electron chi connectivity index (χ3n) is 2.72. The summed E-state index contributed by atoms with van der Waals surface area (Å²) in [4.78, 5) is 21.7. The topological polar surface area (TPSA) is 104 Å². The molecule has 2 N–H and O–H groups in total. The van der Waals surface area contributed by atoms with Crippen molar-refractivity contribution in [1.29, 1.82) is 0 Å². The van der Waals surface area contributed by atoms with Crippen LogP contribution in [0.1, 0.15) is 27.7 Å². The summed E-state index contributed by atoms with van der Waals surface area (Å²) < 4.78 is 26.4. The SMILES string of the molecule is CC.CCNC(=O)COCCOCCOCCOCCOCCNC(C)=O. The summed E-state index contributed by atoms with van der Waals surface area (Å²) >= 11 is 0. The van der Waals surface area contributed by atoms with Crippen molar-refractivity contribution in [3.8, 4) is 0 Å². The van der Waals surface area contributed by atoms with E-state index >= 15 is 0 Å². The average molecular weight is 395 g/mol. The van der Waals surface area contributed by atoms with Gasteiger partial charge >= 0.3 is 0 Å². The van der Waals surface area contributed by atoms with Crippen LogP contribution in [0.15, 0.2) is 0 Å². The first-order chi connectivity index (χ1) is 13.2. The van der Waals surface area contributed by atoms with E-state index in [9.17, 15) is 9.59 Å². The highest BCUT2D eigenvalue weighted by Crippen LogP contribution is 1.84. The fraction of sp³-hybridized carbons (Fsp3) is 0.889. The summed E-state index contributed by atoms with van der Waals surface area (Å²) in [5, 5.41) is 5.28. The first-order valence-electron chi connectivity index (χ1n) is 9.56. The molecule has 0 radical (unpaired) electrons. The Balaban J connectivity index is 0. The highest BCUT2D eigenvalue weighted by Gasteiger charge is 1.98. The third kappa shape index (κ3) is 27.1. The van der Waals surface area contributed by atoms with Gasteiger partial charge in [-0.2, -0.15) is 0 Å². The van der Waals surface area contributed by atoms with Crippen LogP contribution in [0.2, 0.25) is 0 Å². The molecule has 0 spiro atoms. The van der Waals surface area contributed by atoms with Crippen molar-refractivity contribution >= 4 is 11.8 Å². The van der Waals surface area contributed by atoms with E-state index in [1.807, 2.05) is 20.8 Å². The standard InChI is InChI=1S/C16H32N2O7.C2H6/c1-3-17-16(20)14-25-13-12-24-11-10-23-9-8-22-7-6-21-5-4-18-15(2)19;1-2/h3-14H2,1-2H3,(H,17,20)(H,18,19);1-2H3. The molecule has 0 aromatic carbocycles. The lowest BCUT2D eigenvalue weighted by molar-refractivity contribution is -0.126. The molecule has 9 nitrogen and oxygen atoms in total. The largest absolute Gasteiger partial charge is 0.377 e. The zero-order chi connectivity index (χ0) is 20.6. The van der Waals surface area contributed by atoms with Crippen molar-refractivity contribution in [1.82, 2.24) is 10.6 Å². The van der Waals surface area contributed by atoms with E-state index in [1.54, 1.807) is 0 Å². The van der Waals surface area contributed by atoms with Gasteiger partial charge in [-0.15, -0.1) is 0 Å². The second-order valence-corrected chi connectivity index (χ2v) is 4.94. The van der Waals surface area contributed by atoms with E-state index in [1.165, 1.54) is 6.92 Å². The van der Waals surface area contributed by atoms with Gasteiger partial charge in [0.2, 0.25) is 11.8 Å². The van der Waals surface area contributed by atoms with E-state index in [-0.39, 0.29) is 18.4 Å². The molecule has 0 saturated heterocycles. The lowest BCUT2D eigenvalue weighted by Gasteiger charge is -2.08. The highest BCUT2D eigenvalue weighted by molar-refractivity contribution is 5.77. The Morgan fingerprint density at radius 1 is 0.667 bits per heavy atom. The van der Waals surface area contributed by atoms with E-state index < -0.39 is 0 Å². The Hall–Kier alpha value is -1.26. The van der Waals surface area contributed by atoms with Crippen LogP contribution < -0.4 is 10.6 Å². The number of amides is 2. The Bertz CT molecular complexity index is 331. The molecule has 0 aromatic rings. The smallest absolute Gasteiger partial charge is 0.245 e. The number of ether oxygens (including phenoxy) is 5. The molecule has 0 aliphatic heterocycles. The fourth-order valence-corrected chi connectivity index (χ4v) is 1.59. The molecule has 0 aliphatic rings. The number of hydrogen-bond acceptors (Lipinski definition) is 7. The zero-order valence-electron chi connectivity index (χ0n) is 17.3. The lowest BCUT2D eigenvalue weighted by atomic mass is 10.6. The Labute approximate surface area is 163 Å². The fourth-order valence-electron chi connectivity index (χ4n) is 1.59. The normalized spacial score (nSPS) is 10.1. The number of nitrogens with one attached hydrogen (secondary N) is 2. The van der Waals surface area contributed by atoms with Crippen LogP contribution in [0.3, 0.4) is 0 Å². The summed E-state index contributed by atoms with van der Waals surface area (Å²) in [6, 6.07) is 0. The molecule has 162 valence electrons. The van der Waals surface area contributed by atoms with Crippen molar-refractivity contribution in [2.45, 2.75) is 27.7 Å². The quantitative estimate of drug-likeness (QED) is 0.324. The number of hydrogen-bond donors (Lipinski definition) is 2. The maximum atomic E-state index is 11.1. The minimum absolute atomic E-state index is 0.0575. The van der Waals surface area contributed by atoms with Gasteiger partial charge in [-0.3, -0.25) is 9.59 Å². The van der Waals surface area contributed by atoms with Gasteiger partial charge in [0, 0.05) is 20.0 Å². The lowest BCUT2D eigenvalue weighted by Crippen LogP contribution is -2.27. The molecule has 0 rings (SSSR count). The van der Waals surface area contributed by atoms with Gasteiger partial charge in [0.1, 0.15) is 6.61 Å². The molecular weight excluding hydrogens is 356 g/mol. The summed E-state index contributed by atoms with van der Waals surface area (Å²) in [6.45, 7) is 12.7. The van der Waals surface area contributed by atoms with Crippen molar-refractivity contribution in [3.63, 3.8) is 0 Å². The molecule has 0 bridgehead atoms. The van der Waals surface area contributed by atoms with Gasteiger partial charge in [0.25, 0.3) is 0 Å². The maximum absolute atomic E-state index is 11.1. The van der Waals surface area contributed by atoms with Crippen LogP contribution in [0, 0.1) is 0 Å². The molecule has 27 heavy (non-hydrogen) atoms. The minimum Gasteiger partial charge on any atom is -0.377 e. The number of rotatable bonds is 18. The Morgan fingerprint density at radius 2 is 1.07 bits per heavy atom. The molecule has 0 fully saturated rings. The maximum Gasteiger partial charge on any atom is 0.245 e. The van der Waals surface area contributed by atoms with Crippen molar-refractivity contribution < 1.29 is 33.3 Å². The van der Waals surface area contributed by atoms with E-state index in [0.717, 1.165) is 0 Å². The Morgan fingerprint density at radius 3 is 1.48 bits per heavy atom. The van der Waals surface area contributed by atoms with Crippen LogP contribution >= 0.6 is 0 Å². The average Bonchev–Trinajstić information content (AvgIpc) is 2.66.